The van der Waals surface area contributed by atoms with Gasteiger partial charge in [-0.1, -0.05) is 38.5 Å². The lowest BCUT2D eigenvalue weighted by molar-refractivity contribution is -0.123. The minimum absolute atomic E-state index is 0.252. The maximum Gasteiger partial charge on any atom is 0.217 e. The van der Waals surface area contributed by atoms with Crippen LogP contribution in [0.3, 0.4) is 0 Å². The molecule has 0 unspecified atom stereocenters. The van der Waals surface area contributed by atoms with E-state index in [1.807, 2.05) is 0 Å². The fraction of sp³-hybridized carbons (Fsp3) is 0.900. The fourth-order valence-electron chi connectivity index (χ4n) is 2.10. The van der Waals surface area contributed by atoms with E-state index in [4.69, 9.17) is 0 Å². The molecule has 2 nitrogen and oxygen atoms in total. The van der Waals surface area contributed by atoms with Crippen LogP contribution in [0.25, 0.3) is 0 Å². The Morgan fingerprint density at radius 1 is 1.00 bits per heavy atom. The summed E-state index contributed by atoms with van der Waals surface area (Å²) in [6, 6.07) is 0. The molecular formula is C10H20BNO. The summed E-state index contributed by atoms with van der Waals surface area (Å²) < 4.78 is 0. The first-order valence-corrected chi connectivity index (χ1v) is 5.56. The zero-order chi connectivity index (χ0) is 9.52. The SMILES string of the molecule is BNC(=O)C1CCCCCCCC1. The van der Waals surface area contributed by atoms with E-state index in [0.29, 0.717) is 5.92 Å². The van der Waals surface area contributed by atoms with Crippen molar-refractivity contribution in [2.75, 3.05) is 0 Å². The van der Waals surface area contributed by atoms with Gasteiger partial charge in [0.15, 0.2) is 0 Å². The van der Waals surface area contributed by atoms with Gasteiger partial charge in [0.1, 0.15) is 0 Å². The molecule has 0 aromatic heterocycles. The number of hydrogen-bond donors (Lipinski definition) is 1. The highest BCUT2D eigenvalue weighted by molar-refractivity contribution is 6.14. The second kappa shape index (κ2) is 6.06. The van der Waals surface area contributed by atoms with E-state index >= 15 is 0 Å². The summed E-state index contributed by atoms with van der Waals surface area (Å²) in [4.78, 5) is 11.4. The van der Waals surface area contributed by atoms with Gasteiger partial charge < -0.3 is 5.23 Å². The molecule has 1 rings (SSSR count). The van der Waals surface area contributed by atoms with Crippen molar-refractivity contribution in [2.45, 2.75) is 51.4 Å². The molecule has 0 spiro atoms. The lowest BCUT2D eigenvalue weighted by Crippen LogP contribution is -2.28. The van der Waals surface area contributed by atoms with E-state index in [-0.39, 0.29) is 5.91 Å². The molecular weight excluding hydrogens is 161 g/mol. The van der Waals surface area contributed by atoms with Crippen molar-refractivity contribution in [3.8, 4) is 0 Å². The summed E-state index contributed by atoms with van der Waals surface area (Å²) in [5.41, 5.74) is 0. The first-order chi connectivity index (χ1) is 6.34. The molecule has 0 radical (unpaired) electrons. The molecule has 1 saturated carbocycles. The maximum atomic E-state index is 11.4. The van der Waals surface area contributed by atoms with Crippen molar-refractivity contribution in [2.24, 2.45) is 5.92 Å². The standard InChI is InChI=1S/C10H20BNO/c11-12-10(13)9-7-5-3-1-2-4-6-8-9/h9H,1-8,11H2,(H,12,13). The average molecular weight is 181 g/mol. The zero-order valence-corrected chi connectivity index (χ0v) is 8.64. The molecule has 13 heavy (non-hydrogen) atoms. The number of rotatable bonds is 1. The van der Waals surface area contributed by atoms with Crippen LogP contribution in [0.5, 0.6) is 0 Å². The van der Waals surface area contributed by atoms with Gasteiger partial charge in [0.05, 0.1) is 0 Å². The topological polar surface area (TPSA) is 29.1 Å². The van der Waals surface area contributed by atoms with Gasteiger partial charge in [-0.25, -0.2) is 0 Å². The predicted molar refractivity (Wildman–Crippen MR) is 57.1 cm³/mol. The Balaban J connectivity index is 2.36. The molecule has 1 aliphatic rings. The van der Waals surface area contributed by atoms with Gasteiger partial charge in [0.25, 0.3) is 0 Å². The van der Waals surface area contributed by atoms with Crippen LogP contribution in [0.15, 0.2) is 0 Å². The van der Waals surface area contributed by atoms with Crippen LogP contribution >= 0.6 is 0 Å². The molecule has 1 aliphatic carbocycles. The Morgan fingerprint density at radius 2 is 1.46 bits per heavy atom. The van der Waals surface area contributed by atoms with Crippen molar-refractivity contribution >= 4 is 13.9 Å². The molecule has 0 aliphatic heterocycles. The van der Waals surface area contributed by atoms with Gasteiger partial charge >= 0.3 is 0 Å². The number of carbonyl (C=O) groups is 1. The summed E-state index contributed by atoms with van der Waals surface area (Å²) in [5.74, 6) is 0.546. The Morgan fingerprint density at radius 3 is 1.92 bits per heavy atom. The Labute approximate surface area is 81.9 Å². The van der Waals surface area contributed by atoms with Gasteiger partial charge in [0, 0.05) is 5.92 Å². The van der Waals surface area contributed by atoms with Crippen LogP contribution in [0.4, 0.5) is 0 Å². The fourth-order valence-corrected chi connectivity index (χ4v) is 2.10. The highest BCUT2D eigenvalue weighted by atomic mass is 16.1. The van der Waals surface area contributed by atoms with Gasteiger partial charge in [-0.3, -0.25) is 4.79 Å². The van der Waals surface area contributed by atoms with Gasteiger partial charge in [-0.15, -0.1) is 0 Å². The molecule has 1 amide bonds. The first-order valence-electron chi connectivity index (χ1n) is 5.56. The van der Waals surface area contributed by atoms with E-state index in [9.17, 15) is 4.79 Å². The molecule has 0 bridgehead atoms. The zero-order valence-electron chi connectivity index (χ0n) is 8.64. The van der Waals surface area contributed by atoms with Crippen LogP contribution in [0.2, 0.25) is 0 Å². The molecule has 3 heteroatoms. The summed E-state index contributed by atoms with van der Waals surface area (Å²) in [5, 5.41) is 2.76. The third-order valence-electron chi connectivity index (χ3n) is 2.97. The monoisotopic (exact) mass is 181 g/mol. The van der Waals surface area contributed by atoms with Gasteiger partial charge in [-0.2, -0.15) is 0 Å². The van der Waals surface area contributed by atoms with Crippen molar-refractivity contribution < 1.29 is 4.79 Å². The quantitative estimate of drug-likeness (QED) is 0.608. The maximum absolute atomic E-state index is 11.4. The Bertz CT molecular complexity index is 151. The molecule has 0 aromatic carbocycles. The number of amides is 1. The normalized spacial score (nSPS) is 21.2. The van der Waals surface area contributed by atoms with E-state index < -0.39 is 0 Å². The Hall–Kier alpha value is -0.465. The molecule has 0 heterocycles. The van der Waals surface area contributed by atoms with Crippen LogP contribution in [0.1, 0.15) is 51.4 Å². The van der Waals surface area contributed by atoms with E-state index in [1.165, 1.54) is 38.5 Å². The van der Waals surface area contributed by atoms with E-state index in [0.717, 1.165) is 12.8 Å². The largest absolute Gasteiger partial charge is 0.406 e. The van der Waals surface area contributed by atoms with Crippen LogP contribution < -0.4 is 5.23 Å². The molecule has 0 saturated heterocycles. The third-order valence-corrected chi connectivity index (χ3v) is 2.97. The number of hydrogen-bond acceptors (Lipinski definition) is 1. The molecule has 74 valence electrons. The molecule has 1 N–H and O–H groups in total. The van der Waals surface area contributed by atoms with Gasteiger partial charge in [0.2, 0.25) is 13.9 Å². The molecule has 1 fully saturated rings. The van der Waals surface area contributed by atoms with Gasteiger partial charge in [-0.05, 0) is 12.8 Å². The lowest BCUT2D eigenvalue weighted by atomic mass is 9.95. The van der Waals surface area contributed by atoms with Crippen LogP contribution in [0, 0.1) is 5.92 Å². The summed E-state index contributed by atoms with van der Waals surface area (Å²) in [6.07, 6.45) is 10.0. The lowest BCUT2D eigenvalue weighted by Gasteiger charge is -2.13. The smallest absolute Gasteiger partial charge is 0.217 e. The number of carbonyl (C=O) groups excluding carboxylic acids is 1. The first kappa shape index (κ1) is 10.6. The minimum atomic E-state index is 0.252. The second-order valence-electron chi connectivity index (χ2n) is 4.01. The van der Waals surface area contributed by atoms with Crippen LogP contribution in [-0.4, -0.2) is 13.9 Å². The van der Waals surface area contributed by atoms with Crippen LogP contribution in [-0.2, 0) is 4.79 Å². The second-order valence-corrected chi connectivity index (χ2v) is 4.01. The molecule has 0 aromatic rings. The van der Waals surface area contributed by atoms with Crippen molar-refractivity contribution in [1.29, 1.82) is 0 Å². The van der Waals surface area contributed by atoms with Crippen molar-refractivity contribution in [1.82, 2.24) is 5.23 Å². The number of nitrogens with one attached hydrogen (secondary N) is 1. The van der Waals surface area contributed by atoms with Crippen molar-refractivity contribution in [3.63, 3.8) is 0 Å². The highest BCUT2D eigenvalue weighted by Crippen LogP contribution is 2.21. The highest BCUT2D eigenvalue weighted by Gasteiger charge is 2.16. The van der Waals surface area contributed by atoms with Crippen molar-refractivity contribution in [3.05, 3.63) is 0 Å². The minimum Gasteiger partial charge on any atom is -0.406 e. The average Bonchev–Trinajstić information content (AvgIpc) is 2.29. The summed E-state index contributed by atoms with van der Waals surface area (Å²) in [7, 11) is 1.75. The predicted octanol–water partition coefficient (Wildman–Crippen LogP) is 1.40. The van der Waals surface area contributed by atoms with E-state index in [2.05, 4.69) is 5.23 Å². The summed E-state index contributed by atoms with van der Waals surface area (Å²) in [6.45, 7) is 0. The third kappa shape index (κ3) is 3.84. The Kier molecular flexibility index (Phi) is 4.95. The summed E-state index contributed by atoms with van der Waals surface area (Å²) >= 11 is 0. The van der Waals surface area contributed by atoms with E-state index in [1.54, 1.807) is 7.98 Å². The molecule has 0 atom stereocenters.